The van der Waals surface area contributed by atoms with Crippen molar-refractivity contribution in [3.05, 3.63) is 24.5 Å². The highest BCUT2D eigenvalue weighted by atomic mass is 32.2. The molecule has 1 aliphatic rings. The molecule has 1 fully saturated rings. The normalized spacial score (nSPS) is 19.2. The van der Waals surface area contributed by atoms with Gasteiger partial charge < -0.3 is 11.1 Å². The molecule has 2 heterocycles. The van der Waals surface area contributed by atoms with Crippen molar-refractivity contribution in [2.45, 2.75) is 18.1 Å². The summed E-state index contributed by atoms with van der Waals surface area (Å²) in [7, 11) is 0. The molecule has 1 aromatic carbocycles. The van der Waals surface area contributed by atoms with E-state index in [0.717, 1.165) is 29.0 Å². The van der Waals surface area contributed by atoms with Crippen LogP contribution in [0.1, 0.15) is 12.8 Å². The third-order valence-corrected chi connectivity index (χ3v) is 4.58. The van der Waals surface area contributed by atoms with Crippen LogP contribution in [-0.4, -0.2) is 27.5 Å². The number of nitrogen functional groups attached to an aromatic ring is 1. The molecule has 1 aromatic heterocycles. The maximum Gasteiger partial charge on any atom is 0.137 e. The molecular weight excluding hydrogens is 244 g/mol. The number of fused-ring (bicyclic) bond motifs is 1. The zero-order valence-electron chi connectivity index (χ0n) is 10.1. The number of aromatic nitrogens is 2. The van der Waals surface area contributed by atoms with Gasteiger partial charge in [0.1, 0.15) is 12.1 Å². The van der Waals surface area contributed by atoms with Crippen LogP contribution < -0.4 is 11.1 Å². The number of hydrogen-bond acceptors (Lipinski definition) is 5. The van der Waals surface area contributed by atoms with Gasteiger partial charge >= 0.3 is 0 Å². The lowest BCUT2D eigenvalue weighted by Crippen LogP contribution is -2.14. The highest BCUT2D eigenvalue weighted by Gasteiger charge is 2.15. The molecule has 0 bridgehead atoms. The Hall–Kier alpha value is -1.49. The molecule has 2 aromatic rings. The molecule has 3 rings (SSSR count). The summed E-state index contributed by atoms with van der Waals surface area (Å²) in [4.78, 5) is 8.57. The minimum absolute atomic E-state index is 0.712. The molecule has 0 amide bonds. The first-order valence-corrected chi connectivity index (χ1v) is 7.23. The lowest BCUT2D eigenvalue weighted by Gasteiger charge is -2.12. The lowest BCUT2D eigenvalue weighted by atomic mass is 10.2. The minimum Gasteiger partial charge on any atom is -0.399 e. The third-order valence-electron chi connectivity index (χ3n) is 3.18. The highest BCUT2D eigenvalue weighted by Crippen LogP contribution is 2.27. The predicted octanol–water partition coefficient (Wildman–Crippen LogP) is 2.52. The number of thioether (sulfide) groups is 1. The van der Waals surface area contributed by atoms with E-state index in [1.165, 1.54) is 18.6 Å². The summed E-state index contributed by atoms with van der Waals surface area (Å²) in [5.74, 6) is 2.19. The van der Waals surface area contributed by atoms with Crippen LogP contribution in [0, 0.1) is 0 Å². The maximum atomic E-state index is 5.76. The van der Waals surface area contributed by atoms with Crippen molar-refractivity contribution in [2.75, 3.05) is 23.3 Å². The summed E-state index contributed by atoms with van der Waals surface area (Å²) in [6.07, 6.45) is 4.22. The smallest absolute Gasteiger partial charge is 0.137 e. The van der Waals surface area contributed by atoms with Gasteiger partial charge in [0, 0.05) is 22.9 Å². The summed E-state index contributed by atoms with van der Waals surface area (Å²) in [6, 6.07) is 5.75. The summed E-state index contributed by atoms with van der Waals surface area (Å²) < 4.78 is 0. The molecule has 4 nitrogen and oxygen atoms in total. The maximum absolute atomic E-state index is 5.76. The Bertz CT molecular complexity index is 552. The molecule has 5 heteroatoms. The first-order valence-electron chi connectivity index (χ1n) is 6.18. The number of benzene rings is 1. The number of anilines is 2. The summed E-state index contributed by atoms with van der Waals surface area (Å²) in [5, 5.41) is 5.18. The van der Waals surface area contributed by atoms with E-state index in [4.69, 9.17) is 5.73 Å². The third kappa shape index (κ3) is 2.36. The summed E-state index contributed by atoms with van der Waals surface area (Å²) >= 11 is 2.04. The zero-order chi connectivity index (χ0) is 12.4. The molecule has 0 radical (unpaired) electrons. The molecule has 1 saturated heterocycles. The van der Waals surface area contributed by atoms with Gasteiger partial charge in [-0.3, -0.25) is 0 Å². The number of nitrogens with one attached hydrogen (secondary N) is 1. The molecule has 1 aliphatic heterocycles. The van der Waals surface area contributed by atoms with E-state index in [-0.39, 0.29) is 0 Å². The highest BCUT2D eigenvalue weighted by molar-refractivity contribution is 8.00. The fourth-order valence-electron chi connectivity index (χ4n) is 2.23. The summed E-state index contributed by atoms with van der Waals surface area (Å²) in [6.45, 7) is 0.973. The van der Waals surface area contributed by atoms with Crippen LogP contribution in [0.3, 0.4) is 0 Å². The van der Waals surface area contributed by atoms with Gasteiger partial charge in [-0.1, -0.05) is 0 Å². The van der Waals surface area contributed by atoms with Crippen molar-refractivity contribution in [1.82, 2.24) is 9.97 Å². The van der Waals surface area contributed by atoms with Crippen molar-refractivity contribution in [3.8, 4) is 0 Å². The van der Waals surface area contributed by atoms with Gasteiger partial charge in [0.25, 0.3) is 0 Å². The quantitative estimate of drug-likeness (QED) is 0.830. The molecule has 1 unspecified atom stereocenters. The standard InChI is InChI=1S/C13H16N4S/c14-9-3-4-11-12(6-9)16-8-17-13(11)15-7-10-2-1-5-18-10/h3-4,6,8,10H,1-2,5,7,14H2,(H,15,16,17). The van der Waals surface area contributed by atoms with Crippen molar-refractivity contribution >= 4 is 34.2 Å². The van der Waals surface area contributed by atoms with Gasteiger partial charge in [-0.15, -0.1) is 0 Å². The first-order chi connectivity index (χ1) is 8.83. The zero-order valence-corrected chi connectivity index (χ0v) is 10.9. The molecule has 0 saturated carbocycles. The van der Waals surface area contributed by atoms with Gasteiger partial charge in [0.2, 0.25) is 0 Å². The number of nitrogens with two attached hydrogens (primary N) is 1. The monoisotopic (exact) mass is 260 g/mol. The first kappa shape index (κ1) is 11.6. The Morgan fingerprint density at radius 1 is 1.39 bits per heavy atom. The Labute approximate surface area is 110 Å². The largest absolute Gasteiger partial charge is 0.399 e. The summed E-state index contributed by atoms with van der Waals surface area (Å²) in [5.41, 5.74) is 7.39. The fourth-order valence-corrected chi connectivity index (χ4v) is 3.43. The molecule has 0 aliphatic carbocycles. The second-order valence-electron chi connectivity index (χ2n) is 4.51. The van der Waals surface area contributed by atoms with E-state index in [2.05, 4.69) is 15.3 Å². The van der Waals surface area contributed by atoms with Crippen molar-refractivity contribution in [1.29, 1.82) is 0 Å². The van der Waals surface area contributed by atoms with E-state index in [1.54, 1.807) is 6.33 Å². The average Bonchev–Trinajstić information content (AvgIpc) is 2.89. The average molecular weight is 260 g/mol. The Kier molecular flexibility index (Phi) is 3.23. The van der Waals surface area contributed by atoms with Crippen molar-refractivity contribution < 1.29 is 0 Å². The van der Waals surface area contributed by atoms with Crippen LogP contribution in [0.2, 0.25) is 0 Å². The number of nitrogens with zero attached hydrogens (tertiary/aromatic N) is 2. The van der Waals surface area contributed by atoms with Gasteiger partial charge in [0.05, 0.1) is 5.52 Å². The predicted molar refractivity (Wildman–Crippen MR) is 77.9 cm³/mol. The van der Waals surface area contributed by atoms with Gasteiger partial charge in [0.15, 0.2) is 0 Å². The second kappa shape index (κ2) is 5.02. The fraction of sp³-hybridized carbons (Fsp3) is 0.385. The molecule has 1 atom stereocenters. The van der Waals surface area contributed by atoms with Crippen LogP contribution in [0.25, 0.3) is 10.9 Å². The molecule has 3 N–H and O–H groups in total. The van der Waals surface area contributed by atoms with Gasteiger partial charge in [-0.05, 0) is 36.8 Å². The molecule has 18 heavy (non-hydrogen) atoms. The minimum atomic E-state index is 0.712. The van der Waals surface area contributed by atoms with Crippen LogP contribution in [0.4, 0.5) is 11.5 Å². The van der Waals surface area contributed by atoms with E-state index in [1.807, 2.05) is 30.0 Å². The van der Waals surface area contributed by atoms with Crippen molar-refractivity contribution in [2.24, 2.45) is 0 Å². The van der Waals surface area contributed by atoms with E-state index < -0.39 is 0 Å². The van der Waals surface area contributed by atoms with Crippen LogP contribution in [-0.2, 0) is 0 Å². The van der Waals surface area contributed by atoms with Crippen LogP contribution >= 0.6 is 11.8 Å². The van der Waals surface area contributed by atoms with E-state index >= 15 is 0 Å². The van der Waals surface area contributed by atoms with Crippen LogP contribution in [0.15, 0.2) is 24.5 Å². The number of hydrogen-bond donors (Lipinski definition) is 2. The molecule has 94 valence electrons. The van der Waals surface area contributed by atoms with Gasteiger partial charge in [-0.2, -0.15) is 11.8 Å². The Morgan fingerprint density at radius 3 is 3.17 bits per heavy atom. The lowest BCUT2D eigenvalue weighted by molar-refractivity contribution is 0.804. The van der Waals surface area contributed by atoms with Gasteiger partial charge in [-0.25, -0.2) is 9.97 Å². The molecule has 0 spiro atoms. The van der Waals surface area contributed by atoms with Crippen molar-refractivity contribution in [3.63, 3.8) is 0 Å². The Morgan fingerprint density at radius 2 is 2.33 bits per heavy atom. The topological polar surface area (TPSA) is 63.8 Å². The van der Waals surface area contributed by atoms with Crippen LogP contribution in [0.5, 0.6) is 0 Å². The molecular formula is C13H16N4S. The second-order valence-corrected chi connectivity index (χ2v) is 5.92. The number of rotatable bonds is 3. The van der Waals surface area contributed by atoms with E-state index in [9.17, 15) is 0 Å². The van der Waals surface area contributed by atoms with E-state index in [0.29, 0.717) is 5.25 Å². The Balaban J connectivity index is 1.82. The SMILES string of the molecule is Nc1ccc2c(NCC3CCCS3)ncnc2c1.